The van der Waals surface area contributed by atoms with Crippen molar-refractivity contribution in [1.29, 1.82) is 0 Å². The smallest absolute Gasteiger partial charge is 0.265 e. The van der Waals surface area contributed by atoms with E-state index in [4.69, 9.17) is 15.2 Å². The quantitative estimate of drug-likeness (QED) is 0.376. The summed E-state index contributed by atoms with van der Waals surface area (Å²) in [4.78, 5) is 17.6. The van der Waals surface area contributed by atoms with Gasteiger partial charge in [0.1, 0.15) is 22.3 Å². The molecule has 1 aliphatic rings. The van der Waals surface area contributed by atoms with Crippen LogP contribution in [0.5, 0.6) is 5.75 Å². The van der Waals surface area contributed by atoms with Crippen LogP contribution in [0.25, 0.3) is 22.0 Å². The zero-order chi connectivity index (χ0) is 27.0. The fourth-order valence-corrected chi connectivity index (χ4v) is 5.79. The standard InChI is InChI=1S/C26H24F2N4O5S/c1-36-23-7-3-16(13-24(23)38(34,35)31-22-6-4-17(27)14-20(22)28)15-2-5-21-19(12-15)25(33)32(26(29)30-21)18-8-10-37-11-9-18/h2-7,12-14,18,31H,8-11H2,1H3,(H2,29,30). The first kappa shape index (κ1) is 25.6. The lowest BCUT2D eigenvalue weighted by Gasteiger charge is -2.25. The van der Waals surface area contributed by atoms with Gasteiger partial charge in [0.25, 0.3) is 15.6 Å². The van der Waals surface area contributed by atoms with Crippen LogP contribution in [0.15, 0.2) is 64.3 Å². The van der Waals surface area contributed by atoms with E-state index in [9.17, 15) is 22.0 Å². The van der Waals surface area contributed by atoms with Gasteiger partial charge in [-0.1, -0.05) is 12.1 Å². The molecule has 0 aliphatic carbocycles. The minimum Gasteiger partial charge on any atom is -0.495 e. The summed E-state index contributed by atoms with van der Waals surface area (Å²) in [5.74, 6) is -1.76. The maximum absolute atomic E-state index is 14.2. The van der Waals surface area contributed by atoms with Crippen molar-refractivity contribution in [3.05, 3.63) is 76.6 Å². The minimum absolute atomic E-state index is 0.0147. The predicted octanol–water partition coefficient (Wildman–Crippen LogP) is 4.08. The van der Waals surface area contributed by atoms with Gasteiger partial charge in [-0.15, -0.1) is 0 Å². The Morgan fingerprint density at radius 1 is 1.05 bits per heavy atom. The van der Waals surface area contributed by atoms with Crippen molar-refractivity contribution in [2.45, 2.75) is 23.8 Å². The van der Waals surface area contributed by atoms with E-state index in [0.29, 0.717) is 54.2 Å². The Balaban J connectivity index is 1.58. The summed E-state index contributed by atoms with van der Waals surface area (Å²) in [5, 5.41) is 0.329. The molecule has 0 spiro atoms. The van der Waals surface area contributed by atoms with E-state index in [1.165, 1.54) is 23.8 Å². The summed E-state index contributed by atoms with van der Waals surface area (Å²) in [6.07, 6.45) is 1.27. The molecule has 198 valence electrons. The third-order valence-corrected chi connectivity index (χ3v) is 7.83. The Hall–Kier alpha value is -4.03. The number of fused-ring (bicyclic) bond motifs is 1. The number of halogens is 2. The highest BCUT2D eigenvalue weighted by Crippen LogP contribution is 2.33. The number of nitrogens with zero attached hydrogens (tertiary/aromatic N) is 2. The molecule has 5 rings (SSSR count). The van der Waals surface area contributed by atoms with Gasteiger partial charge in [-0.25, -0.2) is 22.2 Å². The van der Waals surface area contributed by atoms with Crippen molar-refractivity contribution in [3.8, 4) is 16.9 Å². The Bertz CT molecular complexity index is 1700. The van der Waals surface area contributed by atoms with E-state index >= 15 is 0 Å². The first-order valence-electron chi connectivity index (χ1n) is 11.7. The lowest BCUT2D eigenvalue weighted by molar-refractivity contribution is 0.0692. The number of nitrogen functional groups attached to an aromatic ring is 1. The third kappa shape index (κ3) is 4.79. The van der Waals surface area contributed by atoms with Gasteiger partial charge in [0.15, 0.2) is 0 Å². The van der Waals surface area contributed by atoms with Gasteiger partial charge in [0.2, 0.25) is 5.95 Å². The monoisotopic (exact) mass is 542 g/mol. The number of sulfonamides is 1. The molecule has 0 atom stereocenters. The van der Waals surface area contributed by atoms with Crippen molar-refractivity contribution in [2.24, 2.45) is 0 Å². The number of ether oxygens (including phenoxy) is 2. The predicted molar refractivity (Wildman–Crippen MR) is 139 cm³/mol. The largest absolute Gasteiger partial charge is 0.495 e. The lowest BCUT2D eigenvalue weighted by atomic mass is 10.0. The van der Waals surface area contributed by atoms with Crippen LogP contribution >= 0.6 is 0 Å². The molecule has 3 N–H and O–H groups in total. The molecule has 9 nitrogen and oxygen atoms in total. The highest BCUT2D eigenvalue weighted by atomic mass is 32.2. The zero-order valence-electron chi connectivity index (χ0n) is 20.3. The number of anilines is 2. The molecule has 1 aliphatic heterocycles. The van der Waals surface area contributed by atoms with Gasteiger partial charge in [0.05, 0.1) is 23.7 Å². The number of methoxy groups -OCH3 is 1. The maximum atomic E-state index is 14.2. The van der Waals surface area contributed by atoms with Gasteiger partial charge in [-0.05, 0) is 60.4 Å². The highest BCUT2D eigenvalue weighted by molar-refractivity contribution is 7.92. The molecule has 12 heteroatoms. The van der Waals surface area contributed by atoms with Crippen molar-refractivity contribution >= 4 is 32.6 Å². The van der Waals surface area contributed by atoms with Gasteiger partial charge >= 0.3 is 0 Å². The Labute approximate surface area is 216 Å². The molecule has 1 fully saturated rings. The van der Waals surface area contributed by atoms with E-state index in [-0.39, 0.29) is 28.2 Å². The molecule has 38 heavy (non-hydrogen) atoms. The minimum atomic E-state index is -4.34. The first-order chi connectivity index (χ1) is 18.2. The number of rotatable bonds is 6. The van der Waals surface area contributed by atoms with Crippen LogP contribution in [0, 0.1) is 11.6 Å². The second kappa shape index (κ2) is 10.0. The molecule has 1 aromatic heterocycles. The summed E-state index contributed by atoms with van der Waals surface area (Å²) in [5.41, 5.74) is 6.83. The summed E-state index contributed by atoms with van der Waals surface area (Å²) in [7, 11) is -3.04. The second-order valence-corrected chi connectivity index (χ2v) is 10.5. The molecular weight excluding hydrogens is 518 g/mol. The van der Waals surface area contributed by atoms with E-state index in [1.807, 2.05) is 0 Å². The molecule has 4 aromatic rings. The summed E-state index contributed by atoms with van der Waals surface area (Å²) in [6, 6.07) is 11.8. The normalized spacial score (nSPS) is 14.5. The van der Waals surface area contributed by atoms with Crippen LogP contribution in [-0.2, 0) is 14.8 Å². The van der Waals surface area contributed by atoms with Gasteiger partial charge in [0, 0.05) is 25.3 Å². The molecule has 1 saturated heterocycles. The fourth-order valence-electron chi connectivity index (χ4n) is 4.53. The number of nitrogens with one attached hydrogen (secondary N) is 1. The van der Waals surface area contributed by atoms with Crippen molar-refractivity contribution in [2.75, 3.05) is 30.8 Å². The topological polar surface area (TPSA) is 126 Å². The number of benzene rings is 3. The van der Waals surface area contributed by atoms with Crippen molar-refractivity contribution in [3.63, 3.8) is 0 Å². The van der Waals surface area contributed by atoms with Crippen LogP contribution in [0.2, 0.25) is 0 Å². The van der Waals surface area contributed by atoms with E-state index in [2.05, 4.69) is 9.71 Å². The van der Waals surface area contributed by atoms with Crippen molar-refractivity contribution < 1.29 is 26.7 Å². The van der Waals surface area contributed by atoms with E-state index in [0.717, 1.165) is 12.1 Å². The fraction of sp³-hybridized carbons (Fsp3) is 0.231. The Morgan fingerprint density at radius 2 is 1.76 bits per heavy atom. The average Bonchev–Trinajstić information content (AvgIpc) is 2.90. The lowest BCUT2D eigenvalue weighted by Crippen LogP contribution is -2.31. The first-order valence-corrected chi connectivity index (χ1v) is 13.2. The maximum Gasteiger partial charge on any atom is 0.265 e. The number of nitrogens with two attached hydrogens (primary N) is 1. The number of hydrogen-bond donors (Lipinski definition) is 2. The zero-order valence-corrected chi connectivity index (χ0v) is 21.1. The van der Waals surface area contributed by atoms with Gasteiger partial charge in [-0.3, -0.25) is 14.1 Å². The summed E-state index contributed by atoms with van der Waals surface area (Å²) >= 11 is 0. The molecule has 0 radical (unpaired) electrons. The SMILES string of the molecule is COc1ccc(-c2ccc3nc(N)n(C4CCOCC4)c(=O)c3c2)cc1S(=O)(=O)Nc1ccc(F)cc1F. The van der Waals surface area contributed by atoms with Gasteiger partial charge in [-0.2, -0.15) is 0 Å². The molecule has 0 amide bonds. The second-order valence-electron chi connectivity index (χ2n) is 8.82. The molecule has 0 bridgehead atoms. The molecular formula is C26H24F2N4O5S. The summed E-state index contributed by atoms with van der Waals surface area (Å²) in [6.45, 7) is 1.04. The highest BCUT2D eigenvalue weighted by Gasteiger charge is 2.24. The van der Waals surface area contributed by atoms with Gasteiger partial charge < -0.3 is 15.2 Å². The van der Waals surface area contributed by atoms with Crippen molar-refractivity contribution in [1.82, 2.24) is 9.55 Å². The number of hydrogen-bond acceptors (Lipinski definition) is 7. The molecule has 0 saturated carbocycles. The van der Waals surface area contributed by atoms with Crippen LogP contribution in [0.1, 0.15) is 18.9 Å². The Kier molecular flexibility index (Phi) is 6.76. The number of aromatic nitrogens is 2. The van der Waals surface area contributed by atoms with E-state index < -0.39 is 27.3 Å². The van der Waals surface area contributed by atoms with Crippen LogP contribution in [0.4, 0.5) is 20.4 Å². The van der Waals surface area contributed by atoms with E-state index in [1.54, 1.807) is 24.3 Å². The van der Waals surface area contributed by atoms with Crippen LogP contribution in [0.3, 0.4) is 0 Å². The Morgan fingerprint density at radius 3 is 2.47 bits per heavy atom. The summed E-state index contributed by atoms with van der Waals surface area (Å²) < 4.78 is 68.1. The molecule has 2 heterocycles. The molecule has 3 aromatic carbocycles. The average molecular weight is 543 g/mol. The van der Waals surface area contributed by atoms with Crippen LogP contribution in [-0.4, -0.2) is 38.3 Å². The molecule has 0 unspecified atom stereocenters. The van der Waals surface area contributed by atoms with Crippen LogP contribution < -0.4 is 20.8 Å². The third-order valence-electron chi connectivity index (χ3n) is 6.45.